The fourth-order valence-electron chi connectivity index (χ4n) is 1.63. The molecular formula is C14H19NO5. The quantitative estimate of drug-likeness (QED) is 0.560. The van der Waals surface area contributed by atoms with Gasteiger partial charge in [0.1, 0.15) is 0 Å². The van der Waals surface area contributed by atoms with E-state index in [-0.39, 0.29) is 24.9 Å². The molecule has 0 spiro atoms. The number of hydrogen-bond acceptors (Lipinski definition) is 4. The van der Waals surface area contributed by atoms with Gasteiger partial charge in [0.25, 0.3) is 5.91 Å². The maximum atomic E-state index is 12.0. The second kappa shape index (κ2) is 7.49. The van der Waals surface area contributed by atoms with Crippen molar-refractivity contribution in [3.63, 3.8) is 0 Å². The summed E-state index contributed by atoms with van der Waals surface area (Å²) in [5.74, 6) is -1.49. The second-order valence-electron chi connectivity index (χ2n) is 4.55. The van der Waals surface area contributed by atoms with Gasteiger partial charge in [0.15, 0.2) is 11.8 Å². The first-order valence-corrected chi connectivity index (χ1v) is 6.27. The Morgan fingerprint density at radius 3 is 2.80 bits per heavy atom. The van der Waals surface area contributed by atoms with Gasteiger partial charge in [-0.15, -0.1) is 6.58 Å². The number of carboxylic acids is 1. The van der Waals surface area contributed by atoms with Gasteiger partial charge in [-0.25, -0.2) is 4.79 Å². The van der Waals surface area contributed by atoms with Crippen LogP contribution in [0.1, 0.15) is 35.9 Å². The highest BCUT2D eigenvalue weighted by Crippen LogP contribution is 2.20. The second-order valence-corrected chi connectivity index (χ2v) is 4.55. The van der Waals surface area contributed by atoms with E-state index in [1.54, 1.807) is 6.07 Å². The Bertz CT molecular complexity index is 478. The van der Waals surface area contributed by atoms with Crippen LogP contribution in [0.5, 0.6) is 0 Å². The van der Waals surface area contributed by atoms with Crippen LogP contribution in [0.4, 0.5) is 0 Å². The molecule has 6 heteroatoms. The van der Waals surface area contributed by atoms with E-state index in [4.69, 9.17) is 14.3 Å². The molecule has 0 radical (unpaired) electrons. The van der Waals surface area contributed by atoms with Crippen molar-refractivity contribution in [2.75, 3.05) is 13.2 Å². The minimum atomic E-state index is -1.17. The van der Waals surface area contributed by atoms with Crippen LogP contribution in [0.15, 0.2) is 29.4 Å². The maximum Gasteiger partial charge on any atom is 0.328 e. The number of carbonyl (C=O) groups is 2. The number of hydrogen-bond donors (Lipinski definition) is 2. The highest BCUT2D eigenvalue weighted by Gasteiger charge is 2.24. The van der Waals surface area contributed by atoms with Crippen molar-refractivity contribution >= 4 is 11.9 Å². The van der Waals surface area contributed by atoms with Gasteiger partial charge >= 0.3 is 5.97 Å². The number of carbonyl (C=O) groups excluding carboxylic acids is 1. The molecule has 0 fully saturated rings. The first-order chi connectivity index (χ1) is 9.47. The van der Waals surface area contributed by atoms with E-state index in [0.717, 1.165) is 5.56 Å². The zero-order valence-electron chi connectivity index (χ0n) is 11.6. The van der Waals surface area contributed by atoms with Gasteiger partial charge < -0.3 is 19.6 Å². The van der Waals surface area contributed by atoms with Gasteiger partial charge in [0.2, 0.25) is 0 Å². The normalized spacial score (nSPS) is 12.2. The Labute approximate surface area is 117 Å². The maximum absolute atomic E-state index is 12.0. The first-order valence-electron chi connectivity index (χ1n) is 6.27. The van der Waals surface area contributed by atoms with Crippen molar-refractivity contribution in [1.29, 1.82) is 0 Å². The topological polar surface area (TPSA) is 88.8 Å². The predicted molar refractivity (Wildman–Crippen MR) is 72.7 cm³/mol. The first kappa shape index (κ1) is 16.0. The molecule has 1 amide bonds. The lowest BCUT2D eigenvalue weighted by atomic mass is 10.0. The standard InChI is InChI=1S/C14H19NO5/c1-4-6-19-8-11(14(17)18)15-13(16)12-10(9(2)3)5-7-20-12/h4-5,7,9,11H,1,6,8H2,2-3H3,(H,15,16)(H,17,18). The van der Waals surface area contributed by atoms with E-state index in [0.29, 0.717) is 0 Å². The van der Waals surface area contributed by atoms with Gasteiger partial charge in [-0.1, -0.05) is 19.9 Å². The summed E-state index contributed by atoms with van der Waals surface area (Å²) in [5, 5.41) is 11.4. The zero-order chi connectivity index (χ0) is 15.1. The molecule has 0 saturated carbocycles. The average molecular weight is 281 g/mol. The van der Waals surface area contributed by atoms with E-state index in [1.165, 1.54) is 12.3 Å². The number of nitrogens with one attached hydrogen (secondary N) is 1. The summed E-state index contributed by atoms with van der Waals surface area (Å²) >= 11 is 0. The Hall–Kier alpha value is -2.08. The van der Waals surface area contributed by atoms with Crippen LogP contribution in [-0.4, -0.2) is 36.2 Å². The molecule has 0 aliphatic carbocycles. The van der Waals surface area contributed by atoms with Crippen LogP contribution in [-0.2, 0) is 9.53 Å². The van der Waals surface area contributed by atoms with Gasteiger partial charge in [-0.3, -0.25) is 4.79 Å². The van der Waals surface area contributed by atoms with Gasteiger partial charge in [-0.2, -0.15) is 0 Å². The fraction of sp³-hybridized carbons (Fsp3) is 0.429. The fourth-order valence-corrected chi connectivity index (χ4v) is 1.63. The Balaban J connectivity index is 2.72. The van der Waals surface area contributed by atoms with E-state index in [9.17, 15) is 9.59 Å². The molecule has 1 aromatic rings. The van der Waals surface area contributed by atoms with Gasteiger partial charge in [0.05, 0.1) is 19.5 Å². The van der Waals surface area contributed by atoms with Crippen LogP contribution in [0.2, 0.25) is 0 Å². The van der Waals surface area contributed by atoms with Crippen molar-refractivity contribution in [2.24, 2.45) is 0 Å². The summed E-state index contributed by atoms with van der Waals surface area (Å²) in [7, 11) is 0. The molecule has 20 heavy (non-hydrogen) atoms. The van der Waals surface area contributed by atoms with E-state index in [2.05, 4.69) is 11.9 Å². The minimum absolute atomic E-state index is 0.106. The van der Waals surface area contributed by atoms with Crippen LogP contribution in [0, 0.1) is 0 Å². The molecule has 1 atom stereocenters. The molecule has 0 bridgehead atoms. The summed E-state index contributed by atoms with van der Waals surface area (Å²) in [6.45, 7) is 7.39. The molecular weight excluding hydrogens is 262 g/mol. The highest BCUT2D eigenvalue weighted by molar-refractivity contribution is 5.95. The zero-order valence-corrected chi connectivity index (χ0v) is 11.6. The monoisotopic (exact) mass is 281 g/mol. The molecule has 0 aliphatic heterocycles. The van der Waals surface area contributed by atoms with E-state index >= 15 is 0 Å². The summed E-state index contributed by atoms with van der Waals surface area (Å²) < 4.78 is 10.2. The predicted octanol–water partition coefficient (Wildman–Crippen LogP) is 1.79. The summed E-state index contributed by atoms with van der Waals surface area (Å²) in [6.07, 6.45) is 2.92. The molecule has 1 aromatic heterocycles. The summed E-state index contributed by atoms with van der Waals surface area (Å²) in [6, 6.07) is 0.566. The number of ether oxygens (including phenoxy) is 1. The Kier molecular flexibility index (Phi) is 5.99. The number of rotatable bonds is 8. The van der Waals surface area contributed by atoms with Crippen LogP contribution < -0.4 is 5.32 Å². The van der Waals surface area contributed by atoms with Crippen molar-refractivity contribution in [3.8, 4) is 0 Å². The van der Waals surface area contributed by atoms with Crippen LogP contribution >= 0.6 is 0 Å². The lowest BCUT2D eigenvalue weighted by Crippen LogP contribution is -2.44. The smallest absolute Gasteiger partial charge is 0.328 e. The third kappa shape index (κ3) is 4.24. The molecule has 2 N–H and O–H groups in total. The molecule has 1 unspecified atom stereocenters. The van der Waals surface area contributed by atoms with Gasteiger partial charge in [0, 0.05) is 5.56 Å². The van der Waals surface area contributed by atoms with E-state index < -0.39 is 17.9 Å². The van der Waals surface area contributed by atoms with Crippen molar-refractivity contribution in [2.45, 2.75) is 25.8 Å². The van der Waals surface area contributed by atoms with Crippen molar-refractivity contribution < 1.29 is 23.8 Å². The number of furan rings is 1. The SMILES string of the molecule is C=CCOCC(NC(=O)c1occc1C(C)C)C(=O)O. The largest absolute Gasteiger partial charge is 0.480 e. The molecule has 1 rings (SSSR count). The summed E-state index contributed by atoms with van der Waals surface area (Å²) in [4.78, 5) is 23.1. The third-order valence-corrected chi connectivity index (χ3v) is 2.65. The minimum Gasteiger partial charge on any atom is -0.480 e. The number of amides is 1. The summed E-state index contributed by atoms with van der Waals surface area (Å²) in [5.41, 5.74) is 0.735. The number of aliphatic carboxylic acids is 1. The van der Waals surface area contributed by atoms with Gasteiger partial charge in [-0.05, 0) is 12.0 Å². The van der Waals surface area contributed by atoms with Crippen LogP contribution in [0.3, 0.4) is 0 Å². The molecule has 1 heterocycles. The third-order valence-electron chi connectivity index (χ3n) is 2.65. The molecule has 0 aliphatic rings. The van der Waals surface area contributed by atoms with E-state index in [1.807, 2.05) is 13.8 Å². The molecule has 6 nitrogen and oxygen atoms in total. The average Bonchev–Trinajstić information content (AvgIpc) is 2.86. The molecule has 0 saturated heterocycles. The number of carboxylic acid groups (broad SMARTS) is 1. The van der Waals surface area contributed by atoms with Crippen molar-refractivity contribution in [3.05, 3.63) is 36.3 Å². The Morgan fingerprint density at radius 1 is 1.55 bits per heavy atom. The lowest BCUT2D eigenvalue weighted by molar-refractivity contribution is -0.140. The molecule has 0 aromatic carbocycles. The highest BCUT2D eigenvalue weighted by atomic mass is 16.5. The van der Waals surface area contributed by atoms with Crippen molar-refractivity contribution in [1.82, 2.24) is 5.32 Å². The molecule has 110 valence electrons. The lowest BCUT2D eigenvalue weighted by Gasteiger charge is -2.14. The Morgan fingerprint density at radius 2 is 2.25 bits per heavy atom. The van der Waals surface area contributed by atoms with Crippen LogP contribution in [0.25, 0.3) is 0 Å².